The molecule has 3 N–H and O–H groups in total. The maximum Gasteiger partial charge on any atom is 0.234 e. The summed E-state index contributed by atoms with van der Waals surface area (Å²) in [4.78, 5) is 11.3. The minimum Gasteiger partial charge on any atom is -0.383 e. The van der Waals surface area contributed by atoms with Crippen molar-refractivity contribution in [2.45, 2.75) is 25.3 Å². The van der Waals surface area contributed by atoms with E-state index in [0.717, 1.165) is 13.1 Å². The van der Waals surface area contributed by atoms with Crippen molar-refractivity contribution in [3.63, 3.8) is 0 Å². The van der Waals surface area contributed by atoms with Crippen molar-refractivity contribution >= 4 is 5.91 Å². The maximum absolute atomic E-state index is 11.3. The number of amides is 1. The lowest BCUT2D eigenvalue weighted by Crippen LogP contribution is -2.44. The van der Waals surface area contributed by atoms with Gasteiger partial charge in [-0.15, -0.1) is 0 Å². The Morgan fingerprint density at radius 2 is 2.38 bits per heavy atom. The molecule has 0 bridgehead atoms. The van der Waals surface area contributed by atoms with Crippen LogP contribution in [0.15, 0.2) is 0 Å². The molecular formula is C11H23N3O2. The summed E-state index contributed by atoms with van der Waals surface area (Å²) in [6, 6.07) is 0.528. The number of piperidine rings is 1. The Hall–Kier alpha value is -0.650. The summed E-state index contributed by atoms with van der Waals surface area (Å²) in [5.74, 6) is 0.0351. The summed E-state index contributed by atoms with van der Waals surface area (Å²) in [6.07, 6.45) is 3.77. The highest BCUT2D eigenvalue weighted by molar-refractivity contribution is 5.77. The second-order valence-electron chi connectivity index (χ2n) is 4.12. The van der Waals surface area contributed by atoms with E-state index >= 15 is 0 Å². The van der Waals surface area contributed by atoms with Crippen molar-refractivity contribution in [2.24, 2.45) is 0 Å². The first-order valence-electron chi connectivity index (χ1n) is 6.02. The normalized spacial score (nSPS) is 20.7. The van der Waals surface area contributed by atoms with Crippen LogP contribution in [0, 0.1) is 0 Å². The van der Waals surface area contributed by atoms with Crippen LogP contribution in [-0.4, -0.2) is 51.8 Å². The average molecular weight is 229 g/mol. The van der Waals surface area contributed by atoms with Crippen LogP contribution in [0.5, 0.6) is 0 Å². The van der Waals surface area contributed by atoms with Crippen LogP contribution in [-0.2, 0) is 9.53 Å². The van der Waals surface area contributed by atoms with Gasteiger partial charge in [0.2, 0.25) is 5.91 Å². The van der Waals surface area contributed by atoms with Crippen LogP contribution in [0.4, 0.5) is 0 Å². The number of methoxy groups -OCH3 is 1. The van der Waals surface area contributed by atoms with E-state index in [1.807, 2.05) is 0 Å². The molecule has 1 aliphatic heterocycles. The van der Waals surface area contributed by atoms with Crippen LogP contribution >= 0.6 is 0 Å². The van der Waals surface area contributed by atoms with E-state index in [4.69, 9.17) is 4.74 Å². The second kappa shape index (κ2) is 8.50. The predicted molar refractivity (Wildman–Crippen MR) is 63.4 cm³/mol. The van der Waals surface area contributed by atoms with Crippen molar-refractivity contribution < 1.29 is 9.53 Å². The first-order valence-corrected chi connectivity index (χ1v) is 6.02. The first-order chi connectivity index (χ1) is 7.83. The van der Waals surface area contributed by atoms with Gasteiger partial charge in [0.25, 0.3) is 0 Å². The van der Waals surface area contributed by atoms with Gasteiger partial charge in [0, 0.05) is 26.2 Å². The van der Waals surface area contributed by atoms with Gasteiger partial charge in [0.05, 0.1) is 13.2 Å². The highest BCUT2D eigenvalue weighted by atomic mass is 16.5. The molecule has 1 saturated heterocycles. The Morgan fingerprint density at radius 3 is 3.06 bits per heavy atom. The molecule has 0 saturated carbocycles. The highest BCUT2D eigenvalue weighted by Gasteiger charge is 2.11. The fourth-order valence-corrected chi connectivity index (χ4v) is 1.81. The molecule has 0 aliphatic carbocycles. The highest BCUT2D eigenvalue weighted by Crippen LogP contribution is 2.05. The number of carbonyl (C=O) groups excluding carboxylic acids is 1. The topological polar surface area (TPSA) is 62.4 Å². The lowest BCUT2D eigenvalue weighted by atomic mass is 10.1. The number of carbonyl (C=O) groups is 1. The third-order valence-corrected chi connectivity index (χ3v) is 2.72. The molecule has 0 aromatic rings. The Morgan fingerprint density at radius 1 is 1.50 bits per heavy atom. The molecule has 1 heterocycles. The lowest BCUT2D eigenvalue weighted by Gasteiger charge is -2.23. The summed E-state index contributed by atoms with van der Waals surface area (Å²) >= 11 is 0. The molecule has 0 aromatic heterocycles. The monoisotopic (exact) mass is 229 g/mol. The molecule has 0 spiro atoms. The van der Waals surface area contributed by atoms with Gasteiger partial charge in [-0.05, 0) is 19.4 Å². The third kappa shape index (κ3) is 6.05. The molecule has 5 heteroatoms. The summed E-state index contributed by atoms with van der Waals surface area (Å²) in [7, 11) is 1.62. The van der Waals surface area contributed by atoms with Gasteiger partial charge in [-0.3, -0.25) is 4.79 Å². The van der Waals surface area contributed by atoms with Crippen molar-refractivity contribution in [3.05, 3.63) is 0 Å². The molecule has 1 atom stereocenters. The smallest absolute Gasteiger partial charge is 0.234 e. The number of hydrogen-bond acceptors (Lipinski definition) is 4. The summed E-state index contributed by atoms with van der Waals surface area (Å²) in [5.41, 5.74) is 0. The number of nitrogens with one attached hydrogen (secondary N) is 3. The van der Waals surface area contributed by atoms with Crippen LogP contribution in [0.3, 0.4) is 0 Å². The standard InChI is InChI=1S/C11H23N3O2/c1-16-7-6-14-11(15)9-12-8-10-4-2-3-5-13-10/h10,12-13H,2-9H2,1H3,(H,14,15). The van der Waals surface area contributed by atoms with Gasteiger partial charge >= 0.3 is 0 Å². The minimum atomic E-state index is 0.0351. The molecular weight excluding hydrogens is 206 g/mol. The van der Waals surface area contributed by atoms with Gasteiger partial charge in [-0.1, -0.05) is 6.42 Å². The van der Waals surface area contributed by atoms with Crippen LogP contribution < -0.4 is 16.0 Å². The average Bonchev–Trinajstić information content (AvgIpc) is 2.31. The predicted octanol–water partition coefficient (Wildman–Crippen LogP) is -0.519. The fraction of sp³-hybridized carbons (Fsp3) is 0.909. The van der Waals surface area contributed by atoms with Crippen molar-refractivity contribution in [1.82, 2.24) is 16.0 Å². The van der Waals surface area contributed by atoms with E-state index in [9.17, 15) is 4.79 Å². The Labute approximate surface area is 97.3 Å². The number of rotatable bonds is 7. The van der Waals surface area contributed by atoms with E-state index in [1.54, 1.807) is 7.11 Å². The first kappa shape index (κ1) is 13.4. The molecule has 1 fully saturated rings. The molecule has 1 rings (SSSR count). The zero-order valence-electron chi connectivity index (χ0n) is 10.1. The maximum atomic E-state index is 11.3. The number of ether oxygens (including phenoxy) is 1. The molecule has 0 aromatic carbocycles. The van der Waals surface area contributed by atoms with Crippen LogP contribution in [0.2, 0.25) is 0 Å². The zero-order valence-corrected chi connectivity index (χ0v) is 10.1. The Bertz CT molecular complexity index is 194. The van der Waals surface area contributed by atoms with Crippen molar-refractivity contribution in [2.75, 3.05) is 39.9 Å². The molecule has 1 amide bonds. The van der Waals surface area contributed by atoms with Gasteiger partial charge < -0.3 is 20.7 Å². The molecule has 5 nitrogen and oxygen atoms in total. The summed E-state index contributed by atoms with van der Waals surface area (Å²) < 4.78 is 4.85. The van der Waals surface area contributed by atoms with Crippen LogP contribution in [0.25, 0.3) is 0 Å². The number of hydrogen-bond donors (Lipinski definition) is 3. The zero-order chi connectivity index (χ0) is 11.6. The van der Waals surface area contributed by atoms with Gasteiger partial charge in [-0.2, -0.15) is 0 Å². The van der Waals surface area contributed by atoms with Crippen molar-refractivity contribution in [3.8, 4) is 0 Å². The fourth-order valence-electron chi connectivity index (χ4n) is 1.81. The Kier molecular flexibility index (Phi) is 7.12. The SMILES string of the molecule is COCCNC(=O)CNCC1CCCCN1. The van der Waals surface area contributed by atoms with Gasteiger partial charge in [0.15, 0.2) is 0 Å². The third-order valence-electron chi connectivity index (χ3n) is 2.72. The van der Waals surface area contributed by atoms with E-state index < -0.39 is 0 Å². The molecule has 16 heavy (non-hydrogen) atoms. The summed E-state index contributed by atoms with van der Waals surface area (Å²) in [5, 5.41) is 9.37. The van der Waals surface area contributed by atoms with Crippen LogP contribution in [0.1, 0.15) is 19.3 Å². The minimum absolute atomic E-state index is 0.0351. The molecule has 0 radical (unpaired) electrons. The van der Waals surface area contributed by atoms with Gasteiger partial charge in [0.1, 0.15) is 0 Å². The lowest BCUT2D eigenvalue weighted by molar-refractivity contribution is -0.120. The van der Waals surface area contributed by atoms with E-state index in [1.165, 1.54) is 19.3 Å². The van der Waals surface area contributed by atoms with Gasteiger partial charge in [-0.25, -0.2) is 0 Å². The molecule has 1 aliphatic rings. The molecule has 94 valence electrons. The Balaban J connectivity index is 1.94. The second-order valence-corrected chi connectivity index (χ2v) is 4.12. The quantitative estimate of drug-likeness (QED) is 0.514. The summed E-state index contributed by atoms with van der Waals surface area (Å²) in [6.45, 7) is 3.51. The van der Waals surface area contributed by atoms with E-state index in [2.05, 4.69) is 16.0 Å². The largest absolute Gasteiger partial charge is 0.383 e. The van der Waals surface area contributed by atoms with Crippen molar-refractivity contribution in [1.29, 1.82) is 0 Å². The van der Waals surface area contributed by atoms with E-state index in [-0.39, 0.29) is 5.91 Å². The molecule has 1 unspecified atom stereocenters. The van der Waals surface area contributed by atoms with E-state index in [0.29, 0.717) is 25.7 Å².